The van der Waals surface area contributed by atoms with Crippen molar-refractivity contribution < 1.29 is 4.79 Å². The smallest absolute Gasteiger partial charge is 0.267 e. The Morgan fingerprint density at radius 3 is 2.92 bits per heavy atom. The van der Waals surface area contributed by atoms with Gasteiger partial charge in [-0.2, -0.15) is 0 Å². The van der Waals surface area contributed by atoms with Crippen LogP contribution >= 0.6 is 0 Å². The minimum absolute atomic E-state index is 0.106. The number of hydrogen-bond donors (Lipinski definition) is 2. The minimum Gasteiger partial charge on any atom is -0.342 e. The van der Waals surface area contributed by atoms with E-state index in [2.05, 4.69) is 22.0 Å². The van der Waals surface area contributed by atoms with Gasteiger partial charge in [0.25, 0.3) is 5.56 Å². The Hall–Kier alpha value is -1.56. The molecule has 0 radical (unpaired) electrons. The van der Waals surface area contributed by atoms with E-state index in [4.69, 9.17) is 0 Å². The first-order chi connectivity index (χ1) is 12.2. The molecular weight excluding hydrogens is 316 g/mol. The molecule has 4 rings (SSSR count). The van der Waals surface area contributed by atoms with Crippen LogP contribution in [0.2, 0.25) is 0 Å². The fraction of sp³-hybridized carbons (Fsp3) is 0.789. The molecule has 4 atom stereocenters. The molecule has 1 aromatic rings. The lowest BCUT2D eigenvalue weighted by atomic mass is 9.74. The highest BCUT2D eigenvalue weighted by Crippen LogP contribution is 2.40. The summed E-state index contributed by atoms with van der Waals surface area (Å²) in [7, 11) is 0. The van der Waals surface area contributed by atoms with Crippen LogP contribution in [0.1, 0.15) is 51.0 Å². The van der Waals surface area contributed by atoms with E-state index in [1.165, 1.54) is 38.5 Å². The lowest BCUT2D eigenvalue weighted by Crippen LogP contribution is -2.62. The highest BCUT2D eigenvalue weighted by atomic mass is 16.2. The molecule has 1 aromatic heterocycles. The molecule has 6 nitrogen and oxygen atoms in total. The van der Waals surface area contributed by atoms with E-state index in [0.717, 1.165) is 25.7 Å². The van der Waals surface area contributed by atoms with Gasteiger partial charge in [0.05, 0.1) is 6.42 Å². The molecule has 0 saturated carbocycles. The number of aromatic amines is 2. The largest absolute Gasteiger partial charge is 0.342 e. The molecule has 4 heterocycles. The summed E-state index contributed by atoms with van der Waals surface area (Å²) in [4.78, 5) is 29.2. The quantitative estimate of drug-likeness (QED) is 0.872. The van der Waals surface area contributed by atoms with Gasteiger partial charge < -0.3 is 10.00 Å². The number of piperidine rings is 3. The molecular formula is C19H30N4O2. The zero-order valence-corrected chi connectivity index (χ0v) is 15.2. The van der Waals surface area contributed by atoms with Crippen molar-refractivity contribution in [3.8, 4) is 0 Å². The third-order valence-electron chi connectivity index (χ3n) is 6.56. The normalized spacial score (nSPS) is 32.4. The molecule has 3 aliphatic heterocycles. The average Bonchev–Trinajstić information content (AvgIpc) is 3.00. The summed E-state index contributed by atoms with van der Waals surface area (Å²) < 4.78 is 0. The van der Waals surface area contributed by atoms with Gasteiger partial charge in [0.2, 0.25) is 5.91 Å². The Kier molecular flexibility index (Phi) is 4.71. The van der Waals surface area contributed by atoms with Crippen molar-refractivity contribution in [3.63, 3.8) is 0 Å². The van der Waals surface area contributed by atoms with Crippen LogP contribution in [0.15, 0.2) is 11.0 Å². The molecule has 6 heteroatoms. The number of amides is 1. The van der Waals surface area contributed by atoms with Crippen molar-refractivity contribution in [2.24, 2.45) is 11.8 Å². The second-order valence-corrected chi connectivity index (χ2v) is 8.24. The van der Waals surface area contributed by atoms with Crippen molar-refractivity contribution in [2.45, 2.75) is 64.0 Å². The van der Waals surface area contributed by atoms with Gasteiger partial charge in [-0.3, -0.25) is 19.6 Å². The van der Waals surface area contributed by atoms with Gasteiger partial charge in [0.15, 0.2) is 0 Å². The maximum absolute atomic E-state index is 12.7. The van der Waals surface area contributed by atoms with Crippen LogP contribution in [0.25, 0.3) is 0 Å². The van der Waals surface area contributed by atoms with Crippen LogP contribution in [0, 0.1) is 11.8 Å². The van der Waals surface area contributed by atoms with Crippen molar-refractivity contribution in [3.05, 3.63) is 22.1 Å². The predicted octanol–water partition coefficient (Wildman–Crippen LogP) is 1.75. The standard InChI is InChI=1S/C19H30N4O2/c1-2-4-16-5-3-6-17-15-7-13(11-23(16)17)10-22(12-15)18(24)8-14-9-20-21-19(14)25/h9,13,15-17H,2-8,10-12H2,1H3,(H2,20,21,25)/t13-,15+,16-,17-/m0/s1. The van der Waals surface area contributed by atoms with Gasteiger partial charge in [-0.15, -0.1) is 0 Å². The average molecular weight is 346 g/mol. The van der Waals surface area contributed by atoms with Gasteiger partial charge in [0.1, 0.15) is 0 Å². The van der Waals surface area contributed by atoms with Gasteiger partial charge >= 0.3 is 0 Å². The van der Waals surface area contributed by atoms with Gasteiger partial charge in [-0.25, -0.2) is 0 Å². The molecule has 1 amide bonds. The number of hydrogen-bond acceptors (Lipinski definition) is 3. The Morgan fingerprint density at radius 2 is 2.16 bits per heavy atom. The van der Waals surface area contributed by atoms with E-state index in [1.807, 2.05) is 4.90 Å². The number of likely N-dealkylation sites (tertiary alicyclic amines) is 1. The second kappa shape index (κ2) is 6.98. The number of carbonyl (C=O) groups is 1. The third kappa shape index (κ3) is 3.28. The molecule has 2 bridgehead atoms. The number of rotatable bonds is 4. The van der Waals surface area contributed by atoms with Gasteiger partial charge in [-0.1, -0.05) is 19.8 Å². The third-order valence-corrected chi connectivity index (χ3v) is 6.56. The fourth-order valence-corrected chi connectivity index (χ4v) is 5.50. The fourth-order valence-electron chi connectivity index (χ4n) is 5.50. The molecule has 0 spiro atoms. The van der Waals surface area contributed by atoms with Crippen molar-refractivity contribution in [2.75, 3.05) is 19.6 Å². The first-order valence-corrected chi connectivity index (χ1v) is 9.94. The number of nitrogens with zero attached hydrogens (tertiary/aromatic N) is 2. The summed E-state index contributed by atoms with van der Waals surface area (Å²) in [6.07, 6.45) is 9.65. The van der Waals surface area contributed by atoms with Crippen LogP contribution in [0.4, 0.5) is 0 Å². The first kappa shape index (κ1) is 16.9. The number of aromatic nitrogens is 2. The van der Waals surface area contributed by atoms with Crippen LogP contribution in [-0.2, 0) is 11.2 Å². The van der Waals surface area contributed by atoms with E-state index in [-0.39, 0.29) is 17.9 Å². The van der Waals surface area contributed by atoms with E-state index in [9.17, 15) is 9.59 Å². The number of H-pyrrole nitrogens is 2. The van der Waals surface area contributed by atoms with Crippen molar-refractivity contribution in [1.82, 2.24) is 20.0 Å². The molecule has 0 unspecified atom stereocenters. The zero-order chi connectivity index (χ0) is 17.4. The van der Waals surface area contributed by atoms with E-state index in [0.29, 0.717) is 23.4 Å². The van der Waals surface area contributed by atoms with Gasteiger partial charge in [-0.05, 0) is 37.5 Å². The van der Waals surface area contributed by atoms with Crippen molar-refractivity contribution in [1.29, 1.82) is 0 Å². The summed E-state index contributed by atoms with van der Waals surface area (Å²) >= 11 is 0. The van der Waals surface area contributed by atoms with Crippen LogP contribution in [-0.4, -0.2) is 57.6 Å². The molecule has 0 aliphatic carbocycles. The summed E-state index contributed by atoms with van der Waals surface area (Å²) in [6.45, 7) is 5.18. The Bertz CT molecular complexity index is 664. The summed E-state index contributed by atoms with van der Waals surface area (Å²) in [5.41, 5.74) is 0.370. The predicted molar refractivity (Wildman–Crippen MR) is 96.3 cm³/mol. The Labute approximate surface area is 148 Å². The van der Waals surface area contributed by atoms with E-state index >= 15 is 0 Å². The SMILES string of the molecule is CCC[C@H]1CCC[C@H]2[C@@H]3C[C@@H](CN(C(=O)Cc4c[nH][nH]c4=O)C3)CN12. The summed E-state index contributed by atoms with van der Waals surface area (Å²) in [5, 5.41) is 5.20. The van der Waals surface area contributed by atoms with E-state index < -0.39 is 0 Å². The summed E-state index contributed by atoms with van der Waals surface area (Å²) in [6, 6.07) is 1.42. The lowest BCUT2D eigenvalue weighted by Gasteiger charge is -2.55. The Morgan fingerprint density at radius 1 is 1.28 bits per heavy atom. The van der Waals surface area contributed by atoms with Crippen LogP contribution in [0.3, 0.4) is 0 Å². The molecule has 0 aromatic carbocycles. The number of fused-ring (bicyclic) bond motifs is 4. The highest BCUT2D eigenvalue weighted by molar-refractivity contribution is 5.78. The molecule has 138 valence electrons. The zero-order valence-electron chi connectivity index (χ0n) is 15.2. The highest BCUT2D eigenvalue weighted by Gasteiger charge is 2.45. The van der Waals surface area contributed by atoms with Gasteiger partial charge in [0, 0.05) is 43.5 Å². The molecule has 25 heavy (non-hydrogen) atoms. The van der Waals surface area contributed by atoms with E-state index in [1.54, 1.807) is 6.20 Å². The monoisotopic (exact) mass is 346 g/mol. The molecule has 3 aliphatic rings. The van der Waals surface area contributed by atoms with Crippen molar-refractivity contribution >= 4 is 5.91 Å². The first-order valence-electron chi connectivity index (χ1n) is 9.94. The van der Waals surface area contributed by atoms with Crippen LogP contribution < -0.4 is 5.56 Å². The minimum atomic E-state index is -0.175. The maximum Gasteiger partial charge on any atom is 0.267 e. The maximum atomic E-state index is 12.7. The second-order valence-electron chi connectivity index (χ2n) is 8.24. The Balaban J connectivity index is 1.44. The number of carbonyl (C=O) groups excluding carboxylic acids is 1. The summed E-state index contributed by atoms with van der Waals surface area (Å²) in [5.74, 6) is 1.32. The molecule has 3 saturated heterocycles. The number of nitrogens with one attached hydrogen (secondary N) is 2. The lowest BCUT2D eigenvalue weighted by molar-refractivity contribution is -0.138. The molecule has 2 N–H and O–H groups in total. The topological polar surface area (TPSA) is 72.2 Å². The van der Waals surface area contributed by atoms with Crippen LogP contribution in [0.5, 0.6) is 0 Å². The molecule has 3 fully saturated rings.